The molecule has 3 N–H and O–H groups in total. The largest absolute Gasteiger partial charge is 0.326 e. The summed E-state index contributed by atoms with van der Waals surface area (Å²) in [6.07, 6.45) is 0.407. The second-order valence-corrected chi connectivity index (χ2v) is 3.90. The number of H-pyrrole nitrogens is 1. The van der Waals surface area contributed by atoms with Crippen LogP contribution in [0.4, 0.5) is 5.82 Å². The number of carbonyl (C=O) groups is 1. The molecule has 1 saturated heterocycles. The normalized spacial score (nSPS) is 22.8. The van der Waals surface area contributed by atoms with Crippen molar-refractivity contribution >= 4 is 27.7 Å². The van der Waals surface area contributed by atoms with Gasteiger partial charge in [-0.05, 0) is 15.9 Å². The molecule has 1 aliphatic heterocycles. The molecule has 1 aromatic heterocycles. The van der Waals surface area contributed by atoms with Crippen LogP contribution in [0.2, 0.25) is 0 Å². The summed E-state index contributed by atoms with van der Waals surface area (Å²) in [5.41, 5.74) is 5.65. The smallest absolute Gasteiger partial charge is 0.229 e. The van der Waals surface area contributed by atoms with Gasteiger partial charge in [0.25, 0.3) is 0 Å². The topological polar surface area (TPSA) is 75.0 Å². The van der Waals surface area contributed by atoms with E-state index in [0.29, 0.717) is 18.8 Å². The van der Waals surface area contributed by atoms with Crippen LogP contribution in [-0.4, -0.2) is 28.7 Å². The molecule has 5 nitrogen and oxygen atoms in total. The number of aromatic amines is 1. The molecule has 1 atom stereocenters. The molecular weight excluding hydrogens is 236 g/mol. The van der Waals surface area contributed by atoms with Gasteiger partial charge in [0.05, 0.1) is 0 Å². The Morgan fingerprint density at radius 3 is 3.00 bits per heavy atom. The van der Waals surface area contributed by atoms with E-state index in [1.807, 2.05) is 0 Å². The first kappa shape index (κ1) is 8.71. The number of halogens is 1. The van der Waals surface area contributed by atoms with Crippen LogP contribution < -0.4 is 10.6 Å². The second-order valence-electron chi connectivity index (χ2n) is 3.04. The Morgan fingerprint density at radius 1 is 1.77 bits per heavy atom. The van der Waals surface area contributed by atoms with Crippen molar-refractivity contribution in [1.82, 2.24) is 10.2 Å². The predicted octanol–water partition coefficient (Wildman–Crippen LogP) is 0.236. The molecule has 1 aliphatic rings. The molecular formula is C7H9BrN4O. The summed E-state index contributed by atoms with van der Waals surface area (Å²) < 4.78 is 0.760. The first-order valence-corrected chi connectivity index (χ1v) is 4.73. The molecule has 1 amide bonds. The summed E-state index contributed by atoms with van der Waals surface area (Å²) in [7, 11) is 0. The van der Waals surface area contributed by atoms with E-state index < -0.39 is 0 Å². The molecule has 2 heterocycles. The molecule has 0 aromatic carbocycles. The van der Waals surface area contributed by atoms with Gasteiger partial charge in [0.15, 0.2) is 5.82 Å². The van der Waals surface area contributed by atoms with E-state index in [2.05, 4.69) is 26.1 Å². The Balaban J connectivity index is 2.22. The summed E-state index contributed by atoms with van der Waals surface area (Å²) >= 11 is 3.23. The third-order valence-electron chi connectivity index (χ3n) is 1.96. The van der Waals surface area contributed by atoms with Gasteiger partial charge in [0, 0.05) is 25.1 Å². The lowest BCUT2D eigenvalue weighted by Gasteiger charge is -2.10. The summed E-state index contributed by atoms with van der Waals surface area (Å²) in [4.78, 5) is 13.0. The first-order chi connectivity index (χ1) is 6.16. The maximum absolute atomic E-state index is 11.4. The molecule has 2 rings (SSSR count). The van der Waals surface area contributed by atoms with E-state index in [9.17, 15) is 4.79 Å². The first-order valence-electron chi connectivity index (χ1n) is 3.93. The summed E-state index contributed by atoms with van der Waals surface area (Å²) in [5.74, 6) is 0.663. The predicted molar refractivity (Wildman–Crippen MR) is 51.2 cm³/mol. The average Bonchev–Trinajstić information content (AvgIpc) is 2.58. The van der Waals surface area contributed by atoms with Crippen molar-refractivity contribution in [2.75, 3.05) is 11.4 Å². The lowest BCUT2D eigenvalue weighted by molar-refractivity contribution is -0.117. The van der Waals surface area contributed by atoms with Crippen LogP contribution in [0.3, 0.4) is 0 Å². The number of nitrogens with two attached hydrogens (primary N) is 1. The van der Waals surface area contributed by atoms with Crippen molar-refractivity contribution in [3.63, 3.8) is 0 Å². The lowest BCUT2D eigenvalue weighted by Crippen LogP contribution is -2.28. The van der Waals surface area contributed by atoms with Gasteiger partial charge in [-0.3, -0.25) is 14.8 Å². The Bertz CT molecular complexity index is 337. The molecule has 70 valence electrons. The van der Waals surface area contributed by atoms with Gasteiger partial charge in [0.1, 0.15) is 4.60 Å². The van der Waals surface area contributed by atoms with Crippen molar-refractivity contribution in [2.45, 2.75) is 12.5 Å². The molecule has 0 spiro atoms. The van der Waals surface area contributed by atoms with Crippen LogP contribution in [0.5, 0.6) is 0 Å². The van der Waals surface area contributed by atoms with Crippen molar-refractivity contribution in [3.8, 4) is 0 Å². The molecule has 0 bridgehead atoms. The van der Waals surface area contributed by atoms with Gasteiger partial charge in [-0.2, -0.15) is 5.10 Å². The number of rotatable bonds is 1. The third kappa shape index (κ3) is 1.59. The number of nitrogens with zero attached hydrogens (tertiary/aromatic N) is 2. The Kier molecular flexibility index (Phi) is 2.09. The van der Waals surface area contributed by atoms with Gasteiger partial charge < -0.3 is 5.73 Å². The Hall–Kier alpha value is -0.880. The number of amides is 1. The van der Waals surface area contributed by atoms with Gasteiger partial charge in [0.2, 0.25) is 5.91 Å². The molecule has 0 saturated carbocycles. The fourth-order valence-corrected chi connectivity index (χ4v) is 1.68. The maximum Gasteiger partial charge on any atom is 0.229 e. The number of hydrogen-bond donors (Lipinski definition) is 2. The van der Waals surface area contributed by atoms with Crippen molar-refractivity contribution < 1.29 is 4.79 Å². The molecule has 1 aromatic rings. The van der Waals surface area contributed by atoms with Crippen molar-refractivity contribution in [2.24, 2.45) is 5.73 Å². The average molecular weight is 245 g/mol. The number of anilines is 1. The lowest BCUT2D eigenvalue weighted by atomic mass is 10.3. The highest BCUT2D eigenvalue weighted by Gasteiger charge is 2.29. The molecule has 0 radical (unpaired) electrons. The van der Waals surface area contributed by atoms with Crippen LogP contribution in [0.1, 0.15) is 6.42 Å². The summed E-state index contributed by atoms with van der Waals surface area (Å²) in [6.45, 7) is 0.552. The van der Waals surface area contributed by atoms with Crippen molar-refractivity contribution in [1.29, 1.82) is 0 Å². The van der Waals surface area contributed by atoms with Gasteiger partial charge in [-0.15, -0.1) is 0 Å². The molecule has 1 fully saturated rings. The SMILES string of the molecule is NC1CC(=O)N(c2cc(Br)[nH]n2)C1. The number of aromatic nitrogens is 2. The maximum atomic E-state index is 11.4. The Labute approximate surface area is 83.4 Å². The van der Waals surface area contributed by atoms with Crippen molar-refractivity contribution in [3.05, 3.63) is 10.7 Å². The molecule has 0 aliphatic carbocycles. The standard InChI is InChI=1S/C7H9BrN4O/c8-5-2-6(11-10-5)12-3-4(9)1-7(12)13/h2,4H,1,3,9H2,(H,10,11). The third-order valence-corrected chi connectivity index (χ3v) is 2.37. The fraction of sp³-hybridized carbons (Fsp3) is 0.429. The zero-order valence-corrected chi connectivity index (χ0v) is 8.41. The molecule has 6 heteroatoms. The molecule has 1 unspecified atom stereocenters. The van der Waals surface area contributed by atoms with Gasteiger partial charge >= 0.3 is 0 Å². The van der Waals surface area contributed by atoms with Gasteiger partial charge in [-0.25, -0.2) is 0 Å². The van der Waals surface area contributed by atoms with E-state index in [0.717, 1.165) is 4.60 Å². The zero-order valence-electron chi connectivity index (χ0n) is 6.83. The number of carbonyl (C=O) groups excluding carboxylic acids is 1. The van der Waals surface area contributed by atoms with Crippen LogP contribution >= 0.6 is 15.9 Å². The quantitative estimate of drug-likeness (QED) is 0.743. The summed E-state index contributed by atoms with van der Waals surface area (Å²) in [6, 6.07) is 1.69. The van der Waals surface area contributed by atoms with E-state index in [4.69, 9.17) is 5.73 Å². The zero-order chi connectivity index (χ0) is 9.42. The van der Waals surface area contributed by atoms with Crippen LogP contribution in [-0.2, 0) is 4.79 Å². The minimum absolute atomic E-state index is 0.0338. The second kappa shape index (κ2) is 3.12. The monoisotopic (exact) mass is 244 g/mol. The fourth-order valence-electron chi connectivity index (χ4n) is 1.38. The van der Waals surface area contributed by atoms with Crippen LogP contribution in [0.15, 0.2) is 10.7 Å². The highest BCUT2D eigenvalue weighted by molar-refractivity contribution is 9.10. The van der Waals surface area contributed by atoms with E-state index in [1.54, 1.807) is 11.0 Å². The van der Waals surface area contributed by atoms with Crippen LogP contribution in [0, 0.1) is 0 Å². The van der Waals surface area contributed by atoms with Crippen LogP contribution in [0.25, 0.3) is 0 Å². The highest BCUT2D eigenvalue weighted by atomic mass is 79.9. The number of hydrogen-bond acceptors (Lipinski definition) is 3. The Morgan fingerprint density at radius 2 is 2.54 bits per heavy atom. The van der Waals surface area contributed by atoms with E-state index >= 15 is 0 Å². The summed E-state index contributed by atoms with van der Waals surface area (Å²) in [5, 5.41) is 6.67. The minimum atomic E-state index is -0.0667. The van der Waals surface area contributed by atoms with E-state index in [-0.39, 0.29) is 11.9 Å². The van der Waals surface area contributed by atoms with E-state index in [1.165, 1.54) is 0 Å². The number of nitrogens with one attached hydrogen (secondary N) is 1. The van der Waals surface area contributed by atoms with Gasteiger partial charge in [-0.1, -0.05) is 0 Å². The minimum Gasteiger partial charge on any atom is -0.326 e. The highest BCUT2D eigenvalue weighted by Crippen LogP contribution is 2.20. The molecule has 13 heavy (non-hydrogen) atoms.